The average Bonchev–Trinajstić information content (AvgIpc) is 2.20. The van der Waals surface area contributed by atoms with E-state index >= 15 is 0 Å². The minimum absolute atomic E-state index is 0.417. The number of aryl methyl sites for hydroxylation is 1. The molecular formula is C10H13BrClN3O2. The molecule has 5 nitrogen and oxygen atoms in total. The van der Waals surface area contributed by atoms with E-state index in [1.54, 1.807) is 6.07 Å². The van der Waals surface area contributed by atoms with Crippen molar-refractivity contribution in [3.8, 4) is 0 Å². The molecule has 1 amide bonds. The van der Waals surface area contributed by atoms with Crippen molar-refractivity contribution in [2.45, 2.75) is 13.3 Å². The van der Waals surface area contributed by atoms with Gasteiger partial charge in [0.1, 0.15) is 9.76 Å². The van der Waals surface area contributed by atoms with Crippen molar-refractivity contribution in [2.24, 2.45) is 0 Å². The van der Waals surface area contributed by atoms with Crippen molar-refractivity contribution in [1.82, 2.24) is 10.3 Å². The quantitative estimate of drug-likeness (QED) is 0.575. The summed E-state index contributed by atoms with van der Waals surface area (Å²) in [5, 5.41) is 14.3. The molecule has 0 unspecified atom stereocenters. The number of hydrogen-bond donors (Lipinski definition) is 3. The van der Waals surface area contributed by atoms with Gasteiger partial charge in [0.2, 0.25) is 0 Å². The van der Waals surface area contributed by atoms with Crippen LogP contribution in [0.4, 0.5) is 10.5 Å². The highest BCUT2D eigenvalue weighted by molar-refractivity contribution is 9.10. The Balaban J connectivity index is 2.44. The maximum atomic E-state index is 10.2. The van der Waals surface area contributed by atoms with Crippen molar-refractivity contribution in [3.05, 3.63) is 21.4 Å². The lowest BCUT2D eigenvalue weighted by Crippen LogP contribution is -2.23. The number of halogens is 2. The minimum atomic E-state index is -1.00. The summed E-state index contributed by atoms with van der Waals surface area (Å²) in [5.41, 5.74) is 1.87. The van der Waals surface area contributed by atoms with Crippen molar-refractivity contribution in [1.29, 1.82) is 0 Å². The van der Waals surface area contributed by atoms with Crippen molar-refractivity contribution >= 4 is 39.3 Å². The smallest absolute Gasteiger partial charge is 0.404 e. The molecule has 94 valence electrons. The number of aromatic nitrogens is 1. The Hall–Kier alpha value is -1.01. The molecule has 7 heteroatoms. The number of anilines is 1. The Morgan fingerprint density at radius 3 is 2.88 bits per heavy atom. The first-order valence-electron chi connectivity index (χ1n) is 5.04. The highest BCUT2D eigenvalue weighted by atomic mass is 79.9. The van der Waals surface area contributed by atoms with E-state index in [-0.39, 0.29) is 0 Å². The Labute approximate surface area is 113 Å². The number of nitrogens with one attached hydrogen (secondary N) is 2. The lowest BCUT2D eigenvalue weighted by Gasteiger charge is -2.11. The van der Waals surface area contributed by atoms with Gasteiger partial charge >= 0.3 is 6.09 Å². The summed E-state index contributed by atoms with van der Waals surface area (Å²) in [5.74, 6) is 0. The number of hydrogen-bond acceptors (Lipinski definition) is 3. The second-order valence-corrected chi connectivity index (χ2v) is 4.58. The molecule has 0 atom stereocenters. The van der Waals surface area contributed by atoms with Crippen LogP contribution in [-0.2, 0) is 0 Å². The summed E-state index contributed by atoms with van der Waals surface area (Å²) >= 11 is 9.12. The Morgan fingerprint density at radius 1 is 1.59 bits per heavy atom. The zero-order valence-corrected chi connectivity index (χ0v) is 11.6. The molecule has 0 spiro atoms. The van der Waals surface area contributed by atoms with Crippen LogP contribution >= 0.6 is 27.5 Å². The number of pyridine rings is 1. The van der Waals surface area contributed by atoms with Gasteiger partial charge in [0.05, 0.1) is 5.69 Å². The van der Waals surface area contributed by atoms with E-state index in [9.17, 15) is 4.79 Å². The second kappa shape index (κ2) is 6.66. The normalized spacial score (nSPS) is 10.1. The van der Waals surface area contributed by atoms with E-state index in [2.05, 4.69) is 31.5 Å². The van der Waals surface area contributed by atoms with Crippen LogP contribution in [0.15, 0.2) is 10.7 Å². The molecule has 0 aliphatic rings. The van der Waals surface area contributed by atoms with Crippen molar-refractivity contribution < 1.29 is 9.90 Å². The van der Waals surface area contributed by atoms with Gasteiger partial charge in [-0.1, -0.05) is 11.6 Å². The van der Waals surface area contributed by atoms with Gasteiger partial charge in [-0.15, -0.1) is 0 Å². The summed E-state index contributed by atoms with van der Waals surface area (Å²) < 4.78 is 0.661. The summed E-state index contributed by atoms with van der Waals surface area (Å²) in [4.78, 5) is 14.3. The first-order chi connectivity index (χ1) is 8.00. The third kappa shape index (κ3) is 4.79. The maximum absolute atomic E-state index is 10.2. The molecule has 0 bridgehead atoms. The van der Waals surface area contributed by atoms with E-state index in [4.69, 9.17) is 16.7 Å². The molecule has 0 saturated heterocycles. The standard InChI is InChI=1S/C10H13BrClN3O2/c1-6-5-7(12)15-9(11)8(6)13-3-2-4-14-10(16)17/h5,13-14H,2-4H2,1H3,(H,16,17). The van der Waals surface area contributed by atoms with Gasteiger partial charge in [0, 0.05) is 13.1 Å². The fourth-order valence-corrected chi connectivity index (χ4v) is 2.30. The SMILES string of the molecule is Cc1cc(Cl)nc(Br)c1NCCCNC(=O)O. The predicted molar refractivity (Wildman–Crippen MR) is 70.8 cm³/mol. The topological polar surface area (TPSA) is 74.2 Å². The molecule has 17 heavy (non-hydrogen) atoms. The van der Waals surface area contributed by atoms with Gasteiger partial charge in [0.25, 0.3) is 0 Å². The highest BCUT2D eigenvalue weighted by Gasteiger charge is 2.06. The summed E-state index contributed by atoms with van der Waals surface area (Å²) in [7, 11) is 0. The van der Waals surface area contributed by atoms with Crippen LogP contribution in [0.2, 0.25) is 5.15 Å². The Bertz CT molecular complexity index is 392. The number of rotatable bonds is 5. The molecule has 0 aliphatic heterocycles. The monoisotopic (exact) mass is 321 g/mol. The van der Waals surface area contributed by atoms with Gasteiger partial charge in [-0.2, -0.15) is 0 Å². The van der Waals surface area contributed by atoms with E-state index in [0.717, 1.165) is 11.3 Å². The molecule has 1 aromatic rings. The van der Waals surface area contributed by atoms with E-state index < -0.39 is 6.09 Å². The molecule has 1 rings (SSSR count). The van der Waals surface area contributed by atoms with Crippen LogP contribution in [0.25, 0.3) is 0 Å². The number of amides is 1. The molecule has 3 N–H and O–H groups in total. The lowest BCUT2D eigenvalue weighted by atomic mass is 10.2. The zero-order valence-electron chi connectivity index (χ0n) is 9.26. The first kappa shape index (κ1) is 14.1. The lowest BCUT2D eigenvalue weighted by molar-refractivity contribution is 0.194. The van der Waals surface area contributed by atoms with Crippen LogP contribution in [0.5, 0.6) is 0 Å². The number of carboxylic acid groups (broad SMARTS) is 1. The van der Waals surface area contributed by atoms with E-state index in [1.807, 2.05) is 6.92 Å². The fourth-order valence-electron chi connectivity index (χ4n) is 1.30. The molecule has 1 aromatic heterocycles. The van der Waals surface area contributed by atoms with Gasteiger partial charge in [-0.3, -0.25) is 0 Å². The first-order valence-corrected chi connectivity index (χ1v) is 6.21. The largest absolute Gasteiger partial charge is 0.465 e. The summed E-state index contributed by atoms with van der Waals surface area (Å²) in [6.45, 7) is 3.00. The van der Waals surface area contributed by atoms with E-state index in [1.165, 1.54) is 0 Å². The maximum Gasteiger partial charge on any atom is 0.404 e. The summed E-state index contributed by atoms with van der Waals surface area (Å²) in [6.07, 6.45) is -0.309. The van der Waals surface area contributed by atoms with Gasteiger partial charge < -0.3 is 15.7 Å². The molecule has 1 heterocycles. The van der Waals surface area contributed by atoms with Crippen LogP contribution in [0.3, 0.4) is 0 Å². The minimum Gasteiger partial charge on any atom is -0.465 e. The van der Waals surface area contributed by atoms with Crippen LogP contribution in [0, 0.1) is 6.92 Å². The van der Waals surface area contributed by atoms with Crippen LogP contribution in [0.1, 0.15) is 12.0 Å². The molecule has 0 fully saturated rings. The van der Waals surface area contributed by atoms with Gasteiger partial charge in [-0.05, 0) is 40.9 Å². The third-order valence-corrected chi connectivity index (χ3v) is 2.84. The van der Waals surface area contributed by atoms with Gasteiger partial charge in [0.15, 0.2) is 0 Å². The molecular weight excluding hydrogens is 309 g/mol. The average molecular weight is 323 g/mol. The van der Waals surface area contributed by atoms with E-state index in [0.29, 0.717) is 29.3 Å². The second-order valence-electron chi connectivity index (χ2n) is 3.44. The highest BCUT2D eigenvalue weighted by Crippen LogP contribution is 2.26. The zero-order chi connectivity index (χ0) is 12.8. The third-order valence-electron chi connectivity index (χ3n) is 2.07. The van der Waals surface area contributed by atoms with Gasteiger partial charge in [-0.25, -0.2) is 9.78 Å². The van der Waals surface area contributed by atoms with Crippen LogP contribution in [-0.4, -0.2) is 29.3 Å². The molecule has 0 saturated carbocycles. The Kier molecular flexibility index (Phi) is 5.50. The fraction of sp³-hybridized carbons (Fsp3) is 0.400. The van der Waals surface area contributed by atoms with Crippen molar-refractivity contribution in [2.75, 3.05) is 18.4 Å². The Morgan fingerprint density at radius 2 is 2.29 bits per heavy atom. The molecule has 0 radical (unpaired) electrons. The van der Waals surface area contributed by atoms with Crippen LogP contribution < -0.4 is 10.6 Å². The summed E-state index contributed by atoms with van der Waals surface area (Å²) in [6, 6.07) is 1.77. The number of nitrogens with zero attached hydrogens (tertiary/aromatic N) is 1. The van der Waals surface area contributed by atoms with Crippen molar-refractivity contribution in [3.63, 3.8) is 0 Å². The number of carbonyl (C=O) groups is 1. The molecule has 0 aromatic carbocycles. The predicted octanol–water partition coefficient (Wildman–Crippen LogP) is 2.88. The molecule has 0 aliphatic carbocycles.